The highest BCUT2D eigenvalue weighted by Gasteiger charge is 2.30. The van der Waals surface area contributed by atoms with Crippen LogP contribution in [0.25, 0.3) is 0 Å². The van der Waals surface area contributed by atoms with Gasteiger partial charge in [0.2, 0.25) is 0 Å². The fourth-order valence-electron chi connectivity index (χ4n) is 3.93. The summed E-state index contributed by atoms with van der Waals surface area (Å²) in [5.74, 6) is -0.983. The van der Waals surface area contributed by atoms with Crippen molar-refractivity contribution in [2.45, 2.75) is 118 Å². The van der Waals surface area contributed by atoms with Crippen LogP contribution in [0.3, 0.4) is 0 Å². The minimum absolute atomic E-state index is 0.00983. The number of hydrogen-bond donors (Lipinski definition) is 1. The molecule has 1 N–H and O–H groups in total. The van der Waals surface area contributed by atoms with E-state index in [1.54, 1.807) is 0 Å². The Labute approximate surface area is 185 Å². The zero-order chi connectivity index (χ0) is 22.8. The second-order valence-corrected chi connectivity index (χ2v) is 9.89. The Morgan fingerprint density at radius 2 is 1.53 bits per heavy atom. The highest BCUT2D eigenvalue weighted by Crippen LogP contribution is 2.33. The van der Waals surface area contributed by atoms with E-state index in [1.165, 1.54) is 39.2 Å². The van der Waals surface area contributed by atoms with E-state index < -0.39 is 5.97 Å². The topological polar surface area (TPSA) is 63.6 Å². The smallest absolute Gasteiger partial charge is 0.307 e. The predicted octanol–water partition coefficient (Wildman–Crippen LogP) is 7.56. The standard InChI is InChI=1S/C26H48O4/c1-6-7-8-9-12-15-18-22(23(25(28)29)21-26(2,3)4)19-16-13-10-11-14-17-20-24(27)30-5/h16,19,22-23H,6-15,17-18,20-21H2,1-5H3,(H,28,29)/b19-16+. The molecule has 0 rings (SSSR count). The molecular formula is C26H48O4. The van der Waals surface area contributed by atoms with Crippen LogP contribution in [-0.4, -0.2) is 24.2 Å². The van der Waals surface area contributed by atoms with Gasteiger partial charge in [0, 0.05) is 6.42 Å². The average Bonchev–Trinajstić information content (AvgIpc) is 2.68. The summed E-state index contributed by atoms with van der Waals surface area (Å²) in [6.45, 7) is 8.61. The number of rotatable bonds is 18. The summed E-state index contributed by atoms with van der Waals surface area (Å²) in [5, 5.41) is 9.87. The molecule has 0 aliphatic carbocycles. The maximum Gasteiger partial charge on any atom is 0.307 e. The van der Waals surface area contributed by atoms with E-state index in [2.05, 4.69) is 44.6 Å². The van der Waals surface area contributed by atoms with Crippen LogP contribution >= 0.6 is 0 Å². The zero-order valence-corrected chi connectivity index (χ0v) is 20.4. The molecule has 0 saturated heterocycles. The molecule has 0 aliphatic heterocycles. The van der Waals surface area contributed by atoms with E-state index in [0.29, 0.717) is 12.8 Å². The first kappa shape index (κ1) is 28.7. The summed E-state index contributed by atoms with van der Waals surface area (Å²) in [5.41, 5.74) is 0.00983. The molecule has 0 fully saturated rings. The third-order valence-electron chi connectivity index (χ3n) is 5.67. The van der Waals surface area contributed by atoms with E-state index >= 15 is 0 Å². The van der Waals surface area contributed by atoms with E-state index in [0.717, 1.165) is 44.9 Å². The zero-order valence-electron chi connectivity index (χ0n) is 20.4. The summed E-state index contributed by atoms with van der Waals surface area (Å²) in [4.78, 5) is 23.1. The summed E-state index contributed by atoms with van der Waals surface area (Å²) in [6.07, 6.45) is 19.0. The molecule has 0 bridgehead atoms. The number of carboxylic acid groups (broad SMARTS) is 1. The molecule has 0 heterocycles. The van der Waals surface area contributed by atoms with Gasteiger partial charge < -0.3 is 9.84 Å². The molecule has 2 atom stereocenters. The Morgan fingerprint density at radius 1 is 0.933 bits per heavy atom. The lowest BCUT2D eigenvalue weighted by molar-refractivity contribution is -0.144. The number of aliphatic carboxylic acids is 1. The fraction of sp³-hybridized carbons (Fsp3) is 0.846. The van der Waals surface area contributed by atoms with Gasteiger partial charge >= 0.3 is 11.9 Å². The summed E-state index contributed by atoms with van der Waals surface area (Å²) in [6, 6.07) is 0. The van der Waals surface area contributed by atoms with Crippen LogP contribution in [0.4, 0.5) is 0 Å². The van der Waals surface area contributed by atoms with Crippen LogP contribution in [0.2, 0.25) is 0 Å². The molecule has 0 spiro atoms. The summed E-state index contributed by atoms with van der Waals surface area (Å²) < 4.78 is 4.66. The van der Waals surface area contributed by atoms with Crippen molar-refractivity contribution in [1.29, 1.82) is 0 Å². The first-order valence-corrected chi connectivity index (χ1v) is 12.2. The first-order chi connectivity index (χ1) is 14.2. The molecule has 0 amide bonds. The molecule has 0 aromatic carbocycles. The van der Waals surface area contributed by atoms with E-state index in [4.69, 9.17) is 0 Å². The van der Waals surface area contributed by atoms with Crippen LogP contribution in [0.5, 0.6) is 0 Å². The van der Waals surface area contributed by atoms with Gasteiger partial charge in [-0.15, -0.1) is 0 Å². The summed E-state index contributed by atoms with van der Waals surface area (Å²) in [7, 11) is 1.43. The maximum atomic E-state index is 12.0. The van der Waals surface area contributed by atoms with Crippen LogP contribution in [0.1, 0.15) is 118 Å². The SMILES string of the molecule is CCCCCCCCC(/C=C/CCCCCCC(=O)OC)C(CC(C)(C)C)C(=O)O. The predicted molar refractivity (Wildman–Crippen MR) is 126 cm³/mol. The van der Waals surface area contributed by atoms with Gasteiger partial charge in [-0.2, -0.15) is 0 Å². The Morgan fingerprint density at radius 3 is 2.13 bits per heavy atom. The normalized spacial score (nSPS) is 14.0. The van der Waals surface area contributed by atoms with Crippen molar-refractivity contribution in [3.63, 3.8) is 0 Å². The molecule has 2 unspecified atom stereocenters. The second-order valence-electron chi connectivity index (χ2n) is 9.89. The Kier molecular flexibility index (Phi) is 16.6. The number of carboxylic acids is 1. The first-order valence-electron chi connectivity index (χ1n) is 12.2. The molecule has 0 saturated carbocycles. The monoisotopic (exact) mass is 424 g/mol. The number of methoxy groups -OCH3 is 1. The van der Waals surface area contributed by atoms with E-state index in [-0.39, 0.29) is 23.2 Å². The molecule has 4 nitrogen and oxygen atoms in total. The Balaban J connectivity index is 4.56. The number of ether oxygens (including phenoxy) is 1. The number of esters is 1. The van der Waals surface area contributed by atoms with Gasteiger partial charge in [0.25, 0.3) is 0 Å². The number of allylic oxidation sites excluding steroid dienone is 2. The lowest BCUT2D eigenvalue weighted by Crippen LogP contribution is -2.27. The van der Waals surface area contributed by atoms with Gasteiger partial charge in [-0.1, -0.05) is 91.2 Å². The average molecular weight is 425 g/mol. The maximum absolute atomic E-state index is 12.0. The van der Waals surface area contributed by atoms with Gasteiger partial charge in [0.1, 0.15) is 0 Å². The van der Waals surface area contributed by atoms with Crippen molar-refractivity contribution in [2.75, 3.05) is 7.11 Å². The van der Waals surface area contributed by atoms with Crippen molar-refractivity contribution in [3.8, 4) is 0 Å². The minimum atomic E-state index is -0.659. The highest BCUT2D eigenvalue weighted by molar-refractivity contribution is 5.70. The Hall–Kier alpha value is -1.32. The van der Waals surface area contributed by atoms with Crippen molar-refractivity contribution in [2.24, 2.45) is 17.3 Å². The molecule has 30 heavy (non-hydrogen) atoms. The number of unbranched alkanes of at least 4 members (excludes halogenated alkanes) is 9. The minimum Gasteiger partial charge on any atom is -0.481 e. The van der Waals surface area contributed by atoms with Crippen LogP contribution in [0, 0.1) is 17.3 Å². The molecule has 4 heteroatoms. The number of carbonyl (C=O) groups is 2. The third-order valence-corrected chi connectivity index (χ3v) is 5.67. The Bertz CT molecular complexity index is 476. The van der Waals surface area contributed by atoms with Gasteiger partial charge in [0.05, 0.1) is 13.0 Å². The molecular weight excluding hydrogens is 376 g/mol. The lowest BCUT2D eigenvalue weighted by atomic mass is 9.76. The molecule has 0 aromatic rings. The van der Waals surface area contributed by atoms with Crippen molar-refractivity contribution >= 4 is 11.9 Å². The number of carbonyl (C=O) groups excluding carboxylic acids is 1. The summed E-state index contributed by atoms with van der Waals surface area (Å²) >= 11 is 0. The van der Waals surface area contributed by atoms with Gasteiger partial charge in [-0.05, 0) is 43.4 Å². The van der Waals surface area contributed by atoms with Crippen LogP contribution in [-0.2, 0) is 14.3 Å². The quantitative estimate of drug-likeness (QED) is 0.140. The third kappa shape index (κ3) is 16.5. The van der Waals surface area contributed by atoms with Crippen LogP contribution < -0.4 is 0 Å². The highest BCUT2D eigenvalue weighted by atomic mass is 16.5. The van der Waals surface area contributed by atoms with Crippen molar-refractivity contribution in [1.82, 2.24) is 0 Å². The number of hydrogen-bond acceptors (Lipinski definition) is 3. The van der Waals surface area contributed by atoms with Crippen molar-refractivity contribution < 1.29 is 19.4 Å². The molecule has 0 aromatic heterocycles. The van der Waals surface area contributed by atoms with Gasteiger partial charge in [-0.25, -0.2) is 0 Å². The largest absolute Gasteiger partial charge is 0.481 e. The second kappa shape index (κ2) is 17.4. The lowest BCUT2D eigenvalue weighted by Gasteiger charge is -2.28. The van der Waals surface area contributed by atoms with E-state index in [1.807, 2.05) is 0 Å². The van der Waals surface area contributed by atoms with Crippen molar-refractivity contribution in [3.05, 3.63) is 12.2 Å². The molecule has 0 aliphatic rings. The van der Waals surface area contributed by atoms with Gasteiger partial charge in [-0.3, -0.25) is 9.59 Å². The van der Waals surface area contributed by atoms with Crippen LogP contribution in [0.15, 0.2) is 12.2 Å². The molecule has 0 radical (unpaired) electrons. The van der Waals surface area contributed by atoms with Gasteiger partial charge in [0.15, 0.2) is 0 Å². The molecule has 176 valence electrons. The fourth-order valence-corrected chi connectivity index (χ4v) is 3.93. The van der Waals surface area contributed by atoms with E-state index in [9.17, 15) is 14.7 Å².